The van der Waals surface area contributed by atoms with Crippen LogP contribution in [0.1, 0.15) is 0 Å². The van der Waals surface area contributed by atoms with Crippen LogP contribution in [0.15, 0.2) is 72.8 Å². The predicted molar refractivity (Wildman–Crippen MR) is 103 cm³/mol. The second kappa shape index (κ2) is 13.1. The van der Waals surface area contributed by atoms with Crippen LogP contribution in [0.5, 0.6) is 17.2 Å². The third kappa shape index (κ3) is 10.2. The van der Waals surface area contributed by atoms with E-state index in [1.165, 1.54) is 36.4 Å². The fourth-order valence-electron chi connectivity index (χ4n) is 1.70. The van der Waals surface area contributed by atoms with E-state index in [0.717, 1.165) is 36.4 Å². The Hall–Kier alpha value is -4.21. The van der Waals surface area contributed by atoms with Gasteiger partial charge in [-0.3, -0.25) is 30.3 Å². The van der Waals surface area contributed by atoms with Crippen molar-refractivity contribution in [3.63, 3.8) is 0 Å². The smallest absolute Gasteiger partial charge is 0.872 e. The van der Waals surface area contributed by atoms with Crippen molar-refractivity contribution in [3.8, 4) is 17.2 Å². The molecular formula is C18H12AlN3O9. The molecule has 12 nitrogen and oxygen atoms in total. The van der Waals surface area contributed by atoms with Gasteiger partial charge in [-0.15, -0.1) is 17.2 Å². The molecule has 0 N–H and O–H groups in total. The summed E-state index contributed by atoms with van der Waals surface area (Å²) in [4.78, 5) is 28.4. The number of nitro benzene ring substituents is 3. The van der Waals surface area contributed by atoms with E-state index >= 15 is 0 Å². The first-order valence-corrected chi connectivity index (χ1v) is 7.84. The first kappa shape index (κ1) is 26.8. The Kier molecular flexibility index (Phi) is 11.3. The van der Waals surface area contributed by atoms with Crippen molar-refractivity contribution in [1.29, 1.82) is 0 Å². The maximum atomic E-state index is 10.4. The van der Waals surface area contributed by atoms with Gasteiger partial charge in [-0.05, 0) is 0 Å². The van der Waals surface area contributed by atoms with E-state index < -0.39 is 14.8 Å². The number of nitrogens with zero attached hydrogens (tertiary/aromatic N) is 3. The molecule has 0 bridgehead atoms. The van der Waals surface area contributed by atoms with Crippen molar-refractivity contribution in [2.24, 2.45) is 0 Å². The van der Waals surface area contributed by atoms with Crippen LogP contribution in [0, 0.1) is 30.3 Å². The Bertz CT molecular complexity index is 863. The van der Waals surface area contributed by atoms with Crippen molar-refractivity contribution in [3.05, 3.63) is 103 Å². The van der Waals surface area contributed by atoms with Gasteiger partial charge in [0.2, 0.25) is 0 Å². The van der Waals surface area contributed by atoms with Crippen LogP contribution in [-0.4, -0.2) is 32.1 Å². The van der Waals surface area contributed by atoms with Crippen molar-refractivity contribution < 1.29 is 30.1 Å². The van der Waals surface area contributed by atoms with E-state index in [1.807, 2.05) is 0 Å². The minimum atomic E-state index is -0.542. The van der Waals surface area contributed by atoms with Gasteiger partial charge in [-0.25, -0.2) is 0 Å². The molecule has 0 heterocycles. The molecule has 0 unspecified atom stereocenters. The molecule has 0 aliphatic rings. The summed E-state index contributed by atoms with van der Waals surface area (Å²) in [6, 6.07) is 14.1. The van der Waals surface area contributed by atoms with Crippen LogP contribution in [-0.2, 0) is 0 Å². The van der Waals surface area contributed by atoms with E-state index in [-0.39, 0.29) is 51.7 Å². The van der Waals surface area contributed by atoms with E-state index in [9.17, 15) is 45.7 Å². The fraction of sp³-hybridized carbons (Fsp3) is 0. The number of rotatable bonds is 3. The van der Waals surface area contributed by atoms with Gasteiger partial charge in [-0.1, -0.05) is 36.4 Å². The Morgan fingerprint density at radius 3 is 0.710 bits per heavy atom. The zero-order valence-electron chi connectivity index (χ0n) is 15.5. The maximum Gasteiger partial charge on any atom is 3.00 e. The number of hydrogen-bond donors (Lipinski definition) is 0. The van der Waals surface area contributed by atoms with Crippen LogP contribution >= 0.6 is 0 Å². The molecule has 0 atom stereocenters. The van der Waals surface area contributed by atoms with Crippen LogP contribution < -0.4 is 15.3 Å². The van der Waals surface area contributed by atoms with Crippen molar-refractivity contribution in [1.82, 2.24) is 0 Å². The molecule has 0 spiro atoms. The van der Waals surface area contributed by atoms with Gasteiger partial charge in [0.25, 0.3) is 17.1 Å². The zero-order chi connectivity index (χ0) is 22.7. The minimum Gasteiger partial charge on any atom is -0.872 e. The molecule has 31 heavy (non-hydrogen) atoms. The molecule has 0 aliphatic heterocycles. The summed E-state index contributed by atoms with van der Waals surface area (Å²) in [5.41, 5.74) is -0.168. The van der Waals surface area contributed by atoms with E-state index in [1.54, 1.807) is 0 Å². The maximum absolute atomic E-state index is 10.4. The molecule has 0 aliphatic carbocycles. The molecule has 3 aromatic carbocycles. The first-order valence-electron chi connectivity index (χ1n) is 7.84. The predicted octanol–water partition coefficient (Wildman–Crippen LogP) is 1.62. The molecule has 3 rings (SSSR count). The van der Waals surface area contributed by atoms with Crippen molar-refractivity contribution >= 4 is 34.4 Å². The van der Waals surface area contributed by atoms with E-state index in [0.29, 0.717) is 0 Å². The number of hydrogen-bond acceptors (Lipinski definition) is 9. The van der Waals surface area contributed by atoms with Gasteiger partial charge in [0.15, 0.2) is 0 Å². The summed E-state index contributed by atoms with van der Waals surface area (Å²) < 4.78 is 0. The van der Waals surface area contributed by atoms with Crippen LogP contribution in [0.2, 0.25) is 0 Å². The van der Waals surface area contributed by atoms with Gasteiger partial charge in [-0.2, -0.15) is 0 Å². The zero-order valence-corrected chi connectivity index (χ0v) is 16.7. The SMILES string of the molecule is O=[N+]([O-])c1ccc([O-])cc1.O=[N+]([O-])c1ccc([O-])cc1.O=[N+]([O-])c1ccc([O-])cc1.[Al+3]. The van der Waals surface area contributed by atoms with E-state index in [2.05, 4.69) is 0 Å². The summed E-state index contributed by atoms with van der Waals surface area (Å²) in [6.45, 7) is 0. The Morgan fingerprint density at radius 2 is 0.581 bits per heavy atom. The summed E-state index contributed by atoms with van der Waals surface area (Å²) in [5.74, 6) is -0.651. The van der Waals surface area contributed by atoms with Gasteiger partial charge < -0.3 is 15.3 Å². The summed E-state index contributed by atoms with van der Waals surface area (Å²) in [5, 5.41) is 61.3. The molecule has 0 radical (unpaired) electrons. The molecule has 3 aromatic rings. The minimum absolute atomic E-state index is 0. The second-order valence-corrected chi connectivity index (χ2v) is 5.25. The summed E-state index contributed by atoms with van der Waals surface area (Å²) in [6.07, 6.45) is 0. The van der Waals surface area contributed by atoms with Crippen LogP contribution in [0.25, 0.3) is 0 Å². The van der Waals surface area contributed by atoms with Crippen LogP contribution in [0.4, 0.5) is 17.1 Å². The van der Waals surface area contributed by atoms with Crippen molar-refractivity contribution in [2.75, 3.05) is 0 Å². The number of benzene rings is 3. The number of nitro groups is 3. The Labute approximate surface area is 185 Å². The monoisotopic (exact) mass is 441 g/mol. The normalized spacial score (nSPS) is 8.90. The second-order valence-electron chi connectivity index (χ2n) is 5.25. The topological polar surface area (TPSA) is 199 Å². The van der Waals surface area contributed by atoms with Gasteiger partial charge in [0, 0.05) is 36.4 Å². The third-order valence-electron chi connectivity index (χ3n) is 3.14. The first-order chi connectivity index (χ1) is 14.1. The van der Waals surface area contributed by atoms with Crippen molar-refractivity contribution in [2.45, 2.75) is 0 Å². The van der Waals surface area contributed by atoms with Gasteiger partial charge in [0.1, 0.15) is 0 Å². The average molecular weight is 441 g/mol. The van der Waals surface area contributed by atoms with E-state index in [4.69, 9.17) is 0 Å². The molecule has 0 aromatic heterocycles. The summed E-state index contributed by atoms with van der Waals surface area (Å²) in [7, 11) is 0. The molecule has 0 saturated carbocycles. The Morgan fingerprint density at radius 1 is 0.419 bits per heavy atom. The fourth-order valence-corrected chi connectivity index (χ4v) is 1.70. The average Bonchev–Trinajstić information content (AvgIpc) is 2.70. The summed E-state index contributed by atoms with van der Waals surface area (Å²) >= 11 is 0. The van der Waals surface area contributed by atoms with Gasteiger partial charge in [0.05, 0.1) is 14.8 Å². The van der Waals surface area contributed by atoms with Crippen LogP contribution in [0.3, 0.4) is 0 Å². The molecule has 13 heteroatoms. The Balaban J connectivity index is 0.000000429. The molecular weight excluding hydrogens is 429 g/mol. The number of non-ortho nitro benzene ring substituents is 3. The standard InChI is InChI=1S/3C6H5NO3.Al/c3*8-6-3-1-5(2-4-6)7(9)10;/h3*1-4,8H;/q;;;+3/p-3. The third-order valence-corrected chi connectivity index (χ3v) is 3.14. The molecule has 0 amide bonds. The molecule has 0 fully saturated rings. The largest absolute Gasteiger partial charge is 3.00 e. The quantitative estimate of drug-likeness (QED) is 0.329. The van der Waals surface area contributed by atoms with Gasteiger partial charge >= 0.3 is 17.4 Å². The molecule has 156 valence electrons. The molecule has 0 saturated heterocycles.